The molecule has 0 bridgehead atoms. The molecule has 0 aliphatic carbocycles. The normalized spacial score (nSPS) is 24.7. The lowest BCUT2D eigenvalue weighted by molar-refractivity contribution is 0.0481. The van der Waals surface area contributed by atoms with Gasteiger partial charge in [0.05, 0.1) is 12.7 Å². The molecule has 1 aromatic heterocycles. The molecule has 0 amide bonds. The fourth-order valence-electron chi connectivity index (χ4n) is 2.06. The van der Waals surface area contributed by atoms with Gasteiger partial charge >= 0.3 is 6.01 Å². The van der Waals surface area contributed by atoms with Gasteiger partial charge in [0.1, 0.15) is 0 Å². The highest BCUT2D eigenvalue weighted by molar-refractivity contribution is 5.36. The Labute approximate surface area is 106 Å². The molecule has 1 aliphatic rings. The first-order chi connectivity index (χ1) is 8.50. The van der Waals surface area contributed by atoms with Gasteiger partial charge in [-0.1, -0.05) is 0 Å². The molecule has 2 heterocycles. The second kappa shape index (κ2) is 4.93. The third-order valence-electron chi connectivity index (χ3n) is 3.15. The Morgan fingerprint density at radius 2 is 2.06 bits per heavy atom. The fraction of sp³-hybridized carbons (Fsp3) is 0.727. The molecule has 100 valence electrons. The minimum absolute atomic E-state index is 0.146. The zero-order valence-corrected chi connectivity index (χ0v) is 10.8. The minimum Gasteiger partial charge on any atom is -0.467 e. The maximum Gasteiger partial charge on any atom is 0.322 e. The quantitative estimate of drug-likeness (QED) is 0.777. The summed E-state index contributed by atoms with van der Waals surface area (Å²) in [5.41, 5.74) is 5.00. The number of hydrogen-bond donors (Lipinski definition) is 2. The molecule has 1 fully saturated rings. The largest absolute Gasteiger partial charge is 0.467 e. The van der Waals surface area contributed by atoms with Gasteiger partial charge in [-0.2, -0.15) is 15.0 Å². The van der Waals surface area contributed by atoms with E-state index in [2.05, 4.69) is 15.0 Å². The first kappa shape index (κ1) is 12.8. The van der Waals surface area contributed by atoms with Crippen LogP contribution in [-0.4, -0.2) is 45.9 Å². The van der Waals surface area contributed by atoms with Gasteiger partial charge < -0.3 is 20.5 Å². The lowest BCUT2D eigenvalue weighted by Crippen LogP contribution is -2.29. The van der Waals surface area contributed by atoms with Crippen LogP contribution in [0.4, 0.5) is 11.9 Å². The third-order valence-corrected chi connectivity index (χ3v) is 3.15. The smallest absolute Gasteiger partial charge is 0.322 e. The van der Waals surface area contributed by atoms with Gasteiger partial charge in [0.2, 0.25) is 11.9 Å². The SMILES string of the molecule is COc1nc(N)nc(N2CCCC(C)(O)CC2)n1. The summed E-state index contributed by atoms with van der Waals surface area (Å²) in [7, 11) is 1.49. The molecule has 0 saturated carbocycles. The van der Waals surface area contributed by atoms with Gasteiger partial charge in [-0.3, -0.25) is 0 Å². The Hall–Kier alpha value is -1.63. The lowest BCUT2D eigenvalue weighted by Gasteiger charge is -2.22. The van der Waals surface area contributed by atoms with E-state index in [-0.39, 0.29) is 12.0 Å². The Morgan fingerprint density at radius 1 is 1.28 bits per heavy atom. The van der Waals surface area contributed by atoms with Crippen molar-refractivity contribution < 1.29 is 9.84 Å². The van der Waals surface area contributed by atoms with Crippen molar-refractivity contribution in [2.24, 2.45) is 0 Å². The summed E-state index contributed by atoms with van der Waals surface area (Å²) < 4.78 is 4.98. The van der Waals surface area contributed by atoms with Crippen LogP contribution in [0.3, 0.4) is 0 Å². The van der Waals surface area contributed by atoms with Gasteiger partial charge in [0.15, 0.2) is 0 Å². The molecule has 3 N–H and O–H groups in total. The lowest BCUT2D eigenvalue weighted by atomic mass is 9.98. The maximum absolute atomic E-state index is 10.0. The molecule has 1 saturated heterocycles. The van der Waals surface area contributed by atoms with Crippen LogP contribution in [0.2, 0.25) is 0 Å². The predicted octanol–water partition coefficient (Wildman–Crippen LogP) is 0.204. The Morgan fingerprint density at radius 3 is 2.78 bits per heavy atom. The Kier molecular flexibility index (Phi) is 3.51. The van der Waals surface area contributed by atoms with E-state index < -0.39 is 5.60 Å². The molecular formula is C11H19N5O2. The first-order valence-electron chi connectivity index (χ1n) is 6.03. The van der Waals surface area contributed by atoms with Crippen LogP contribution >= 0.6 is 0 Å². The van der Waals surface area contributed by atoms with Crippen molar-refractivity contribution in [1.82, 2.24) is 15.0 Å². The molecule has 0 aromatic carbocycles. The molecule has 7 heteroatoms. The van der Waals surface area contributed by atoms with Crippen LogP contribution in [0.15, 0.2) is 0 Å². The summed E-state index contributed by atoms with van der Waals surface area (Å²) in [5, 5.41) is 10.0. The zero-order chi connectivity index (χ0) is 13.2. The molecule has 0 spiro atoms. The summed E-state index contributed by atoms with van der Waals surface area (Å²) >= 11 is 0. The van der Waals surface area contributed by atoms with Gasteiger partial charge in [-0.05, 0) is 26.2 Å². The summed E-state index contributed by atoms with van der Waals surface area (Å²) in [4.78, 5) is 14.2. The molecule has 18 heavy (non-hydrogen) atoms. The van der Waals surface area contributed by atoms with Gasteiger partial charge in [-0.15, -0.1) is 0 Å². The summed E-state index contributed by atoms with van der Waals surface area (Å²) in [5.74, 6) is 0.657. The number of nitrogens with two attached hydrogens (primary N) is 1. The molecule has 1 aliphatic heterocycles. The Bertz CT molecular complexity index is 424. The van der Waals surface area contributed by atoms with E-state index in [0.29, 0.717) is 18.9 Å². The fourth-order valence-corrected chi connectivity index (χ4v) is 2.06. The van der Waals surface area contributed by atoms with E-state index in [4.69, 9.17) is 10.5 Å². The molecule has 0 radical (unpaired) electrons. The van der Waals surface area contributed by atoms with Crippen molar-refractivity contribution >= 4 is 11.9 Å². The number of hydrogen-bond acceptors (Lipinski definition) is 7. The van der Waals surface area contributed by atoms with Crippen LogP contribution < -0.4 is 15.4 Å². The first-order valence-corrected chi connectivity index (χ1v) is 6.03. The Balaban J connectivity index is 2.18. The van der Waals surface area contributed by atoms with Gasteiger partial charge in [-0.25, -0.2) is 0 Å². The molecular weight excluding hydrogens is 234 g/mol. The second-order valence-electron chi connectivity index (χ2n) is 4.82. The number of ether oxygens (including phenoxy) is 1. The van der Waals surface area contributed by atoms with Crippen LogP contribution in [0.25, 0.3) is 0 Å². The monoisotopic (exact) mass is 253 g/mol. The number of anilines is 2. The number of aliphatic hydroxyl groups is 1. The molecule has 1 unspecified atom stereocenters. The topological polar surface area (TPSA) is 97.4 Å². The molecule has 2 rings (SSSR count). The minimum atomic E-state index is -0.614. The van der Waals surface area contributed by atoms with Crippen LogP contribution in [0.1, 0.15) is 26.2 Å². The highest BCUT2D eigenvalue weighted by Crippen LogP contribution is 2.24. The third kappa shape index (κ3) is 2.98. The van der Waals surface area contributed by atoms with Crippen LogP contribution in [0, 0.1) is 0 Å². The van der Waals surface area contributed by atoms with Crippen molar-refractivity contribution in [3.05, 3.63) is 0 Å². The van der Waals surface area contributed by atoms with Crippen molar-refractivity contribution in [2.75, 3.05) is 30.8 Å². The van der Waals surface area contributed by atoms with Crippen LogP contribution in [-0.2, 0) is 0 Å². The van der Waals surface area contributed by atoms with E-state index in [0.717, 1.165) is 19.4 Å². The van der Waals surface area contributed by atoms with Crippen molar-refractivity contribution in [3.63, 3.8) is 0 Å². The average molecular weight is 253 g/mol. The van der Waals surface area contributed by atoms with E-state index in [1.807, 2.05) is 11.8 Å². The maximum atomic E-state index is 10.0. The number of rotatable bonds is 2. The van der Waals surface area contributed by atoms with E-state index in [9.17, 15) is 5.11 Å². The van der Waals surface area contributed by atoms with Crippen molar-refractivity contribution in [2.45, 2.75) is 31.8 Å². The van der Waals surface area contributed by atoms with Crippen molar-refractivity contribution in [3.8, 4) is 6.01 Å². The number of methoxy groups -OCH3 is 1. The van der Waals surface area contributed by atoms with Crippen molar-refractivity contribution in [1.29, 1.82) is 0 Å². The molecule has 1 atom stereocenters. The van der Waals surface area contributed by atoms with E-state index >= 15 is 0 Å². The second-order valence-corrected chi connectivity index (χ2v) is 4.82. The predicted molar refractivity (Wildman–Crippen MR) is 67.5 cm³/mol. The summed E-state index contributed by atoms with van der Waals surface area (Å²) in [6.45, 7) is 3.35. The summed E-state index contributed by atoms with van der Waals surface area (Å²) in [6, 6.07) is 0.216. The zero-order valence-electron chi connectivity index (χ0n) is 10.8. The number of aromatic nitrogens is 3. The number of nitrogen functional groups attached to an aromatic ring is 1. The van der Waals surface area contributed by atoms with Gasteiger partial charge in [0.25, 0.3) is 0 Å². The van der Waals surface area contributed by atoms with Crippen LogP contribution in [0.5, 0.6) is 6.01 Å². The highest BCUT2D eigenvalue weighted by atomic mass is 16.5. The average Bonchev–Trinajstić information content (AvgIpc) is 2.49. The summed E-state index contributed by atoms with van der Waals surface area (Å²) in [6.07, 6.45) is 2.35. The molecule has 1 aromatic rings. The number of nitrogens with zero attached hydrogens (tertiary/aromatic N) is 4. The highest BCUT2D eigenvalue weighted by Gasteiger charge is 2.26. The standard InChI is InChI=1S/C11H19N5O2/c1-11(17)4-3-6-16(7-5-11)9-13-8(12)14-10(15-9)18-2/h17H,3-7H2,1-2H3,(H2,12,13,14,15). The van der Waals surface area contributed by atoms with Gasteiger partial charge in [0, 0.05) is 13.1 Å². The van der Waals surface area contributed by atoms with E-state index in [1.165, 1.54) is 7.11 Å². The van der Waals surface area contributed by atoms with E-state index in [1.54, 1.807) is 0 Å². The molecule has 7 nitrogen and oxygen atoms in total.